The van der Waals surface area contributed by atoms with Crippen molar-refractivity contribution in [2.75, 3.05) is 11.5 Å². The Bertz CT molecular complexity index is 1300. The highest BCUT2D eigenvalue weighted by atomic mass is 32.2. The van der Waals surface area contributed by atoms with Gasteiger partial charge in [-0.15, -0.1) is 16.9 Å². The SMILES string of the molecule is O=C(O)C1=C(CSc2nnnn2CS(=O)(=O)O)CS[C@H]2[C@@H](NC(=O)[C@@H](O)c3ccccc3)C(=O)N12. The van der Waals surface area contributed by atoms with Crippen LogP contribution < -0.4 is 5.32 Å². The van der Waals surface area contributed by atoms with Crippen molar-refractivity contribution in [3.05, 3.63) is 47.2 Å². The maximum Gasteiger partial charge on any atom is 0.352 e. The first kappa shape index (κ1) is 25.1. The second-order valence-electron chi connectivity index (χ2n) is 7.43. The molecule has 3 atom stereocenters. The Labute approximate surface area is 206 Å². The lowest BCUT2D eigenvalue weighted by molar-refractivity contribution is -0.151. The van der Waals surface area contributed by atoms with Crippen molar-refractivity contribution < 1.29 is 37.6 Å². The number of aromatic nitrogens is 4. The molecule has 0 unspecified atom stereocenters. The molecule has 1 fully saturated rings. The van der Waals surface area contributed by atoms with E-state index in [2.05, 4.69) is 20.8 Å². The first-order valence-electron chi connectivity index (χ1n) is 9.84. The number of carboxylic acid groups (broad SMARTS) is 1. The van der Waals surface area contributed by atoms with Gasteiger partial charge in [-0.25, -0.2) is 9.48 Å². The molecule has 4 rings (SSSR count). The Hall–Kier alpha value is -2.99. The first-order chi connectivity index (χ1) is 16.6. The Morgan fingerprint density at radius 1 is 1.29 bits per heavy atom. The third-order valence-electron chi connectivity index (χ3n) is 5.07. The molecule has 17 heteroatoms. The summed E-state index contributed by atoms with van der Waals surface area (Å²) in [5.74, 6) is -3.39. The van der Waals surface area contributed by atoms with E-state index in [1.807, 2.05) is 0 Å². The van der Waals surface area contributed by atoms with Crippen LogP contribution in [0.4, 0.5) is 0 Å². The number of hydrogen-bond acceptors (Lipinski definition) is 11. The topological polar surface area (TPSA) is 205 Å². The van der Waals surface area contributed by atoms with E-state index in [0.717, 1.165) is 21.3 Å². The molecule has 3 heterocycles. The number of carbonyl (C=O) groups excluding carboxylic acids is 2. The normalized spacial score (nSPS) is 20.7. The van der Waals surface area contributed by atoms with Gasteiger partial charge in [-0.2, -0.15) is 8.42 Å². The van der Waals surface area contributed by atoms with Gasteiger partial charge in [0.05, 0.1) is 0 Å². The molecule has 1 aromatic heterocycles. The lowest BCUT2D eigenvalue weighted by atomic mass is 10.0. The summed E-state index contributed by atoms with van der Waals surface area (Å²) >= 11 is 2.17. The quantitative estimate of drug-likeness (QED) is 0.172. The van der Waals surface area contributed by atoms with Crippen molar-refractivity contribution in [3.63, 3.8) is 0 Å². The van der Waals surface area contributed by atoms with Crippen LogP contribution in [-0.4, -0.2) is 89.0 Å². The Morgan fingerprint density at radius 2 is 2.00 bits per heavy atom. The van der Waals surface area contributed by atoms with Gasteiger partial charge in [-0.3, -0.25) is 19.0 Å². The lowest BCUT2D eigenvalue weighted by Gasteiger charge is -2.49. The number of aliphatic hydroxyl groups excluding tert-OH is 1. The third kappa shape index (κ3) is 5.32. The predicted molar refractivity (Wildman–Crippen MR) is 121 cm³/mol. The molecule has 186 valence electrons. The zero-order valence-corrected chi connectivity index (χ0v) is 20.0. The van der Waals surface area contributed by atoms with Crippen molar-refractivity contribution in [2.24, 2.45) is 0 Å². The van der Waals surface area contributed by atoms with Gasteiger partial charge in [0.1, 0.15) is 17.1 Å². The minimum atomic E-state index is -4.40. The Kier molecular flexibility index (Phi) is 7.13. The zero-order chi connectivity index (χ0) is 25.3. The molecule has 0 saturated carbocycles. The van der Waals surface area contributed by atoms with E-state index >= 15 is 0 Å². The molecule has 0 spiro atoms. The van der Waals surface area contributed by atoms with E-state index < -0.39 is 51.3 Å². The summed E-state index contributed by atoms with van der Waals surface area (Å²) < 4.78 is 32.0. The molecule has 2 aliphatic heterocycles. The van der Waals surface area contributed by atoms with Crippen LogP contribution in [0.5, 0.6) is 0 Å². The maximum atomic E-state index is 12.8. The highest BCUT2D eigenvalue weighted by Gasteiger charge is 2.54. The fourth-order valence-electron chi connectivity index (χ4n) is 3.50. The predicted octanol–water partition coefficient (Wildman–Crippen LogP) is -0.917. The van der Waals surface area contributed by atoms with E-state index in [1.165, 1.54) is 11.8 Å². The number of carbonyl (C=O) groups is 3. The molecular formula is C18H18N6O8S3. The van der Waals surface area contributed by atoms with Gasteiger partial charge in [0, 0.05) is 11.5 Å². The molecule has 2 aromatic rings. The number of nitrogens with one attached hydrogen (secondary N) is 1. The number of tetrazole rings is 1. The number of carboxylic acids is 1. The van der Waals surface area contributed by atoms with Crippen LogP contribution in [-0.2, 0) is 30.4 Å². The Morgan fingerprint density at radius 3 is 2.66 bits per heavy atom. The average Bonchev–Trinajstić information content (AvgIpc) is 3.25. The monoisotopic (exact) mass is 542 g/mol. The van der Waals surface area contributed by atoms with Crippen LogP contribution >= 0.6 is 23.5 Å². The molecule has 2 aliphatic rings. The summed E-state index contributed by atoms with van der Waals surface area (Å²) in [4.78, 5) is 38.3. The molecule has 1 aromatic carbocycles. The zero-order valence-electron chi connectivity index (χ0n) is 17.6. The molecule has 0 bridgehead atoms. The van der Waals surface area contributed by atoms with E-state index in [0.29, 0.717) is 11.1 Å². The number of hydrogen-bond donors (Lipinski definition) is 4. The van der Waals surface area contributed by atoms with Gasteiger partial charge < -0.3 is 15.5 Å². The molecule has 0 radical (unpaired) electrons. The standard InChI is InChI=1S/C18H18N6O8S3/c25-13(9-4-2-1-3-5-9)14(26)19-11-15(27)24-12(17(28)29)10(6-33-16(11)24)7-34-18-20-21-22-23(18)8-35(30,31)32/h1-5,11,13,16,25H,6-8H2,(H,19,26)(H,28,29)(H,30,31,32)/t11-,13-,16-/m0/s1. The van der Waals surface area contributed by atoms with Gasteiger partial charge in [0.25, 0.3) is 21.9 Å². The van der Waals surface area contributed by atoms with Gasteiger partial charge >= 0.3 is 5.97 Å². The van der Waals surface area contributed by atoms with Crippen molar-refractivity contribution >= 4 is 51.4 Å². The van der Waals surface area contributed by atoms with E-state index in [4.69, 9.17) is 4.55 Å². The van der Waals surface area contributed by atoms with Crippen molar-refractivity contribution in [1.29, 1.82) is 0 Å². The number of aliphatic hydroxyl groups is 1. The van der Waals surface area contributed by atoms with E-state index in [9.17, 15) is 33.0 Å². The Balaban J connectivity index is 1.46. The molecule has 2 amide bonds. The molecule has 14 nitrogen and oxygen atoms in total. The maximum absolute atomic E-state index is 12.8. The molecule has 1 saturated heterocycles. The van der Waals surface area contributed by atoms with E-state index in [-0.39, 0.29) is 22.4 Å². The summed E-state index contributed by atoms with van der Waals surface area (Å²) in [6.07, 6.45) is -1.48. The molecular weight excluding hydrogens is 524 g/mol. The number of amides is 2. The highest BCUT2D eigenvalue weighted by Crippen LogP contribution is 2.41. The molecule has 4 N–H and O–H groups in total. The van der Waals surface area contributed by atoms with Crippen LogP contribution in [0.15, 0.2) is 46.8 Å². The van der Waals surface area contributed by atoms with Crippen molar-refractivity contribution in [3.8, 4) is 0 Å². The number of fused-ring (bicyclic) bond motifs is 1. The summed E-state index contributed by atoms with van der Waals surface area (Å²) in [7, 11) is -4.40. The fourth-order valence-corrected chi connectivity index (χ4v) is 6.43. The van der Waals surface area contributed by atoms with Crippen LogP contribution in [0.3, 0.4) is 0 Å². The third-order valence-corrected chi connectivity index (χ3v) is 8.03. The number of thioether (sulfide) groups is 2. The second kappa shape index (κ2) is 9.94. The van der Waals surface area contributed by atoms with Crippen LogP contribution in [0, 0.1) is 0 Å². The minimum Gasteiger partial charge on any atom is -0.477 e. The van der Waals surface area contributed by atoms with Crippen LogP contribution in [0.2, 0.25) is 0 Å². The highest BCUT2D eigenvalue weighted by molar-refractivity contribution is 8.01. The minimum absolute atomic E-state index is 0.0285. The largest absolute Gasteiger partial charge is 0.477 e. The fraction of sp³-hybridized carbons (Fsp3) is 0.333. The number of nitrogens with zero attached hydrogens (tertiary/aromatic N) is 5. The summed E-state index contributed by atoms with van der Waals surface area (Å²) in [5, 5.41) is 32.4. The van der Waals surface area contributed by atoms with Gasteiger partial charge in [-0.1, -0.05) is 42.1 Å². The average molecular weight is 543 g/mol. The molecule has 0 aliphatic carbocycles. The second-order valence-corrected chi connectivity index (χ2v) is 10.9. The number of rotatable bonds is 9. The lowest BCUT2D eigenvalue weighted by Crippen LogP contribution is -2.70. The summed E-state index contributed by atoms with van der Waals surface area (Å²) in [6, 6.07) is 7.17. The van der Waals surface area contributed by atoms with E-state index in [1.54, 1.807) is 30.3 Å². The van der Waals surface area contributed by atoms with Crippen molar-refractivity contribution in [1.82, 2.24) is 30.4 Å². The first-order valence-corrected chi connectivity index (χ1v) is 13.5. The van der Waals surface area contributed by atoms with Gasteiger partial charge in [-0.05, 0) is 21.6 Å². The molecule has 35 heavy (non-hydrogen) atoms. The number of benzene rings is 1. The summed E-state index contributed by atoms with van der Waals surface area (Å²) in [6.45, 7) is 0. The van der Waals surface area contributed by atoms with Gasteiger partial charge in [0.15, 0.2) is 12.0 Å². The van der Waals surface area contributed by atoms with Crippen molar-refractivity contribution in [2.45, 2.75) is 28.6 Å². The smallest absolute Gasteiger partial charge is 0.352 e. The summed E-state index contributed by atoms with van der Waals surface area (Å²) in [5.41, 5.74) is 0.480. The number of β-lactam (4-membered cyclic amide) rings is 1. The number of aliphatic carboxylic acids is 1. The van der Waals surface area contributed by atoms with Crippen LogP contribution in [0.1, 0.15) is 11.7 Å². The van der Waals surface area contributed by atoms with Crippen LogP contribution in [0.25, 0.3) is 0 Å². The van der Waals surface area contributed by atoms with Gasteiger partial charge in [0.2, 0.25) is 5.16 Å².